The van der Waals surface area contributed by atoms with Crippen molar-refractivity contribution in [3.63, 3.8) is 0 Å². The largest absolute Gasteiger partial charge is 0.383 e. The second-order valence-electron chi connectivity index (χ2n) is 4.65. The van der Waals surface area contributed by atoms with Gasteiger partial charge in [0.05, 0.1) is 11.5 Å². The van der Waals surface area contributed by atoms with E-state index in [2.05, 4.69) is 4.72 Å². The van der Waals surface area contributed by atoms with Gasteiger partial charge in [0.25, 0.3) is 0 Å². The predicted molar refractivity (Wildman–Crippen MR) is 83.9 cm³/mol. The van der Waals surface area contributed by atoms with Crippen LogP contribution in [-0.4, -0.2) is 53.7 Å². The first-order valence-electron chi connectivity index (χ1n) is 6.56. The molecule has 0 fully saturated rings. The Bertz CT molecular complexity index is 552. The summed E-state index contributed by atoms with van der Waals surface area (Å²) in [6.45, 7) is 2.47. The molecule has 0 unspecified atom stereocenters. The van der Waals surface area contributed by atoms with Gasteiger partial charge in [-0.05, 0) is 30.8 Å². The first-order valence-corrected chi connectivity index (χ1v) is 8.42. The van der Waals surface area contributed by atoms with E-state index in [1.807, 2.05) is 11.9 Å². The van der Waals surface area contributed by atoms with Crippen LogP contribution in [0.3, 0.4) is 0 Å². The summed E-state index contributed by atoms with van der Waals surface area (Å²) in [5, 5.41) is 0.468. The molecule has 1 aromatic carbocycles. The third-order valence-electron chi connectivity index (χ3n) is 3.01. The minimum atomic E-state index is -3.55. The second kappa shape index (κ2) is 8.67. The minimum Gasteiger partial charge on any atom is -0.383 e. The maximum absolute atomic E-state index is 12.2. The molecule has 0 aliphatic rings. The average molecular weight is 336 g/mol. The molecule has 0 bridgehead atoms. The van der Waals surface area contributed by atoms with Crippen molar-refractivity contribution in [2.45, 2.75) is 11.4 Å². The van der Waals surface area contributed by atoms with Crippen LogP contribution in [0.15, 0.2) is 23.1 Å². The molecule has 0 aliphatic carbocycles. The maximum Gasteiger partial charge on any atom is 0.240 e. The first-order chi connectivity index (χ1) is 9.90. The van der Waals surface area contributed by atoms with Crippen molar-refractivity contribution in [1.29, 1.82) is 0 Å². The van der Waals surface area contributed by atoms with Gasteiger partial charge in [-0.1, -0.05) is 11.6 Å². The van der Waals surface area contributed by atoms with Crippen LogP contribution in [0, 0.1) is 0 Å². The van der Waals surface area contributed by atoms with E-state index in [0.717, 1.165) is 6.54 Å². The van der Waals surface area contributed by atoms with Gasteiger partial charge in [-0.3, -0.25) is 0 Å². The Kier molecular flexibility index (Phi) is 7.58. The molecule has 120 valence electrons. The molecule has 21 heavy (non-hydrogen) atoms. The molecule has 0 amide bonds. The van der Waals surface area contributed by atoms with Gasteiger partial charge < -0.3 is 15.4 Å². The highest BCUT2D eigenvalue weighted by Gasteiger charge is 2.15. The normalized spacial score (nSPS) is 12.0. The molecule has 0 aliphatic heterocycles. The molecule has 8 heteroatoms. The summed E-state index contributed by atoms with van der Waals surface area (Å²) in [5.74, 6) is 0. The number of nitrogens with zero attached hydrogens (tertiary/aromatic N) is 1. The number of benzene rings is 1. The average Bonchev–Trinajstić information content (AvgIpc) is 2.45. The van der Waals surface area contributed by atoms with Crippen LogP contribution in [0.25, 0.3) is 0 Å². The van der Waals surface area contributed by atoms with E-state index in [9.17, 15) is 8.42 Å². The lowest BCUT2D eigenvalue weighted by molar-refractivity contribution is 0.162. The zero-order valence-electron chi connectivity index (χ0n) is 12.3. The van der Waals surface area contributed by atoms with Crippen molar-refractivity contribution in [2.24, 2.45) is 5.73 Å². The SMILES string of the molecule is COCCN(C)CCNS(=O)(=O)c1ccc(Cl)c(CN)c1. The van der Waals surface area contributed by atoms with Crippen LogP contribution in [0.5, 0.6) is 0 Å². The van der Waals surface area contributed by atoms with Crippen molar-refractivity contribution in [3.8, 4) is 0 Å². The highest BCUT2D eigenvalue weighted by Crippen LogP contribution is 2.19. The Morgan fingerprint density at radius 1 is 1.38 bits per heavy atom. The van der Waals surface area contributed by atoms with Crippen molar-refractivity contribution >= 4 is 21.6 Å². The fourth-order valence-electron chi connectivity index (χ4n) is 1.69. The number of hydrogen-bond acceptors (Lipinski definition) is 5. The van der Waals surface area contributed by atoms with Gasteiger partial charge in [0.1, 0.15) is 0 Å². The molecule has 3 N–H and O–H groups in total. The molecule has 0 spiro atoms. The summed E-state index contributed by atoms with van der Waals surface area (Å²) in [6, 6.07) is 4.51. The van der Waals surface area contributed by atoms with Crippen LogP contribution in [0.1, 0.15) is 5.56 Å². The van der Waals surface area contributed by atoms with Gasteiger partial charge in [0.2, 0.25) is 10.0 Å². The molecular weight excluding hydrogens is 314 g/mol. The summed E-state index contributed by atoms with van der Waals surface area (Å²) in [7, 11) is -0.0120. The molecule has 1 aromatic rings. The molecule has 0 aromatic heterocycles. The van der Waals surface area contributed by atoms with Crippen molar-refractivity contribution in [2.75, 3.05) is 40.4 Å². The standard InChI is InChI=1S/C13H22ClN3O3S/c1-17(7-8-20-2)6-5-16-21(18,19)12-3-4-13(14)11(9-12)10-15/h3-4,9,16H,5-8,10,15H2,1-2H3. The van der Waals surface area contributed by atoms with Gasteiger partial charge in [-0.2, -0.15) is 0 Å². The lowest BCUT2D eigenvalue weighted by Crippen LogP contribution is -2.34. The summed E-state index contributed by atoms with van der Waals surface area (Å²) in [6.07, 6.45) is 0. The van der Waals surface area contributed by atoms with Gasteiger partial charge in [-0.25, -0.2) is 13.1 Å². The Balaban J connectivity index is 2.61. The minimum absolute atomic E-state index is 0.173. The van der Waals surface area contributed by atoms with E-state index < -0.39 is 10.0 Å². The lowest BCUT2D eigenvalue weighted by Gasteiger charge is -2.16. The van der Waals surface area contributed by atoms with Gasteiger partial charge in [-0.15, -0.1) is 0 Å². The number of ether oxygens (including phenoxy) is 1. The number of sulfonamides is 1. The number of hydrogen-bond donors (Lipinski definition) is 2. The fourth-order valence-corrected chi connectivity index (χ4v) is 2.95. The van der Waals surface area contributed by atoms with Crippen LogP contribution >= 0.6 is 11.6 Å². The smallest absolute Gasteiger partial charge is 0.240 e. The Hall–Kier alpha value is -0.700. The monoisotopic (exact) mass is 335 g/mol. The number of nitrogens with two attached hydrogens (primary N) is 1. The summed E-state index contributed by atoms with van der Waals surface area (Å²) >= 11 is 5.93. The van der Waals surface area contributed by atoms with Crippen LogP contribution in [0.2, 0.25) is 5.02 Å². The van der Waals surface area contributed by atoms with Crippen molar-refractivity contribution in [1.82, 2.24) is 9.62 Å². The number of nitrogens with one attached hydrogen (secondary N) is 1. The third kappa shape index (κ3) is 5.90. The topological polar surface area (TPSA) is 84.7 Å². The molecular formula is C13H22ClN3O3S. The molecule has 0 saturated heterocycles. The van der Waals surface area contributed by atoms with Gasteiger partial charge >= 0.3 is 0 Å². The number of methoxy groups -OCH3 is 1. The fraction of sp³-hybridized carbons (Fsp3) is 0.538. The quantitative estimate of drug-likeness (QED) is 0.692. The number of rotatable bonds is 9. The highest BCUT2D eigenvalue weighted by atomic mass is 35.5. The number of likely N-dealkylation sites (N-methyl/N-ethyl adjacent to an activating group) is 1. The molecule has 1 rings (SSSR count). The van der Waals surface area contributed by atoms with E-state index in [1.54, 1.807) is 13.2 Å². The zero-order valence-corrected chi connectivity index (χ0v) is 13.9. The Labute approximate surface area is 131 Å². The van der Waals surface area contributed by atoms with Crippen LogP contribution < -0.4 is 10.5 Å². The van der Waals surface area contributed by atoms with E-state index in [1.165, 1.54) is 12.1 Å². The van der Waals surface area contributed by atoms with Crippen molar-refractivity contribution in [3.05, 3.63) is 28.8 Å². The van der Waals surface area contributed by atoms with Crippen LogP contribution in [0.4, 0.5) is 0 Å². The molecule has 0 atom stereocenters. The maximum atomic E-state index is 12.2. The second-order valence-corrected chi connectivity index (χ2v) is 6.83. The number of halogens is 1. The predicted octanol–water partition coefficient (Wildman–Crippen LogP) is 0.655. The first kappa shape index (κ1) is 18.3. The molecule has 0 heterocycles. The lowest BCUT2D eigenvalue weighted by atomic mass is 10.2. The summed E-state index contributed by atoms with van der Waals surface area (Å²) in [4.78, 5) is 2.16. The van der Waals surface area contributed by atoms with E-state index in [0.29, 0.717) is 30.3 Å². The van der Waals surface area contributed by atoms with E-state index in [4.69, 9.17) is 22.1 Å². The Morgan fingerprint density at radius 2 is 2.10 bits per heavy atom. The van der Waals surface area contributed by atoms with Gasteiger partial charge in [0.15, 0.2) is 0 Å². The third-order valence-corrected chi connectivity index (χ3v) is 4.84. The highest BCUT2D eigenvalue weighted by molar-refractivity contribution is 7.89. The molecule has 0 radical (unpaired) electrons. The van der Waals surface area contributed by atoms with Gasteiger partial charge in [0, 0.05) is 38.3 Å². The van der Waals surface area contributed by atoms with E-state index >= 15 is 0 Å². The molecule has 0 saturated carbocycles. The summed E-state index contributed by atoms with van der Waals surface area (Å²) in [5.41, 5.74) is 6.14. The zero-order chi connectivity index (χ0) is 15.9. The Morgan fingerprint density at radius 3 is 2.71 bits per heavy atom. The van der Waals surface area contributed by atoms with Crippen molar-refractivity contribution < 1.29 is 13.2 Å². The van der Waals surface area contributed by atoms with E-state index in [-0.39, 0.29) is 11.4 Å². The summed E-state index contributed by atoms with van der Waals surface area (Å²) < 4.78 is 31.9. The molecule has 6 nitrogen and oxygen atoms in total. The van der Waals surface area contributed by atoms with Crippen LogP contribution in [-0.2, 0) is 21.3 Å².